The molecular weight excluding hydrogens is 218 g/mol. The van der Waals surface area contributed by atoms with Gasteiger partial charge in [0.25, 0.3) is 5.91 Å². The fraction of sp³-hybridized carbons (Fsp3) is 0.462. The second kappa shape index (κ2) is 4.75. The number of aryl methyl sites for hydroxylation is 1. The lowest BCUT2D eigenvalue weighted by Crippen LogP contribution is -2.29. The molecule has 1 aromatic carbocycles. The van der Waals surface area contributed by atoms with Crippen LogP contribution >= 0.6 is 0 Å². The minimum absolute atomic E-state index is 0.0729. The summed E-state index contributed by atoms with van der Waals surface area (Å²) in [6.45, 7) is 3.20. The van der Waals surface area contributed by atoms with Crippen molar-refractivity contribution in [3.8, 4) is 5.75 Å². The number of phenols is 1. The van der Waals surface area contributed by atoms with Crippen LogP contribution in [0.1, 0.15) is 22.3 Å². The van der Waals surface area contributed by atoms with E-state index in [1.165, 1.54) is 6.07 Å². The van der Waals surface area contributed by atoms with Crippen molar-refractivity contribution in [1.29, 1.82) is 0 Å². The van der Waals surface area contributed by atoms with Crippen molar-refractivity contribution in [2.45, 2.75) is 13.3 Å². The van der Waals surface area contributed by atoms with Gasteiger partial charge < -0.3 is 15.1 Å². The van der Waals surface area contributed by atoms with Crippen LogP contribution in [-0.4, -0.2) is 40.7 Å². The van der Waals surface area contributed by atoms with Crippen molar-refractivity contribution < 1.29 is 15.0 Å². The average Bonchev–Trinajstić information content (AvgIpc) is 2.80. The van der Waals surface area contributed by atoms with Crippen LogP contribution in [0.25, 0.3) is 0 Å². The van der Waals surface area contributed by atoms with Crippen molar-refractivity contribution >= 4 is 5.91 Å². The van der Waals surface area contributed by atoms with Gasteiger partial charge >= 0.3 is 0 Å². The third-order valence-corrected chi connectivity index (χ3v) is 3.29. The highest BCUT2D eigenvalue weighted by molar-refractivity contribution is 5.94. The zero-order chi connectivity index (χ0) is 12.4. The number of aliphatic hydroxyl groups is 1. The quantitative estimate of drug-likeness (QED) is 0.808. The maximum Gasteiger partial charge on any atom is 0.253 e. The van der Waals surface area contributed by atoms with Gasteiger partial charge in [-0.15, -0.1) is 0 Å². The maximum absolute atomic E-state index is 12.1. The molecule has 1 heterocycles. The number of aliphatic hydroxyl groups excluding tert-OH is 1. The standard InChI is InChI=1S/C13H17NO3/c1-9-2-3-11(6-12(9)16)13(17)14-5-4-10(7-14)8-15/h2-3,6,10,15-16H,4-5,7-8H2,1H3. The molecule has 0 bridgehead atoms. The van der Waals surface area contributed by atoms with Gasteiger partial charge in [0.2, 0.25) is 0 Å². The van der Waals surface area contributed by atoms with Crippen LogP contribution < -0.4 is 0 Å². The number of benzene rings is 1. The first-order chi connectivity index (χ1) is 8.11. The van der Waals surface area contributed by atoms with Gasteiger partial charge in [0, 0.05) is 31.2 Å². The maximum atomic E-state index is 12.1. The predicted octanol–water partition coefficient (Wildman–Crippen LogP) is 1.16. The molecule has 0 radical (unpaired) electrons. The average molecular weight is 235 g/mol. The highest BCUT2D eigenvalue weighted by atomic mass is 16.3. The van der Waals surface area contributed by atoms with Crippen LogP contribution in [0.5, 0.6) is 5.75 Å². The summed E-state index contributed by atoms with van der Waals surface area (Å²) in [6.07, 6.45) is 0.847. The molecule has 1 saturated heterocycles. The van der Waals surface area contributed by atoms with E-state index in [9.17, 15) is 9.90 Å². The van der Waals surface area contributed by atoms with Crippen molar-refractivity contribution in [2.75, 3.05) is 19.7 Å². The molecule has 4 heteroatoms. The molecule has 1 amide bonds. The lowest BCUT2D eigenvalue weighted by atomic mass is 10.1. The molecule has 1 aliphatic heterocycles. The number of hydrogen-bond acceptors (Lipinski definition) is 3. The first-order valence-electron chi connectivity index (χ1n) is 5.81. The minimum Gasteiger partial charge on any atom is -0.508 e. The lowest BCUT2D eigenvalue weighted by Gasteiger charge is -2.16. The summed E-state index contributed by atoms with van der Waals surface area (Å²) in [7, 11) is 0. The Kier molecular flexibility index (Phi) is 3.33. The molecule has 1 aromatic rings. The zero-order valence-corrected chi connectivity index (χ0v) is 9.89. The van der Waals surface area contributed by atoms with Crippen LogP contribution in [0.15, 0.2) is 18.2 Å². The van der Waals surface area contributed by atoms with Crippen LogP contribution in [-0.2, 0) is 0 Å². The van der Waals surface area contributed by atoms with Gasteiger partial charge in [-0.2, -0.15) is 0 Å². The van der Waals surface area contributed by atoms with E-state index in [1.807, 2.05) is 0 Å². The van der Waals surface area contributed by atoms with Gasteiger partial charge in [0.15, 0.2) is 0 Å². The third-order valence-electron chi connectivity index (χ3n) is 3.29. The molecule has 0 aromatic heterocycles. The molecule has 0 saturated carbocycles. The number of aromatic hydroxyl groups is 1. The van der Waals surface area contributed by atoms with Crippen LogP contribution in [0.2, 0.25) is 0 Å². The Morgan fingerprint density at radius 2 is 2.29 bits per heavy atom. The van der Waals surface area contributed by atoms with Crippen molar-refractivity contribution in [2.24, 2.45) is 5.92 Å². The molecule has 1 fully saturated rings. The Labute approximate surface area is 100 Å². The third kappa shape index (κ3) is 2.42. The summed E-state index contributed by atoms with van der Waals surface area (Å²) in [5.74, 6) is 0.267. The van der Waals surface area contributed by atoms with Crippen LogP contribution in [0.3, 0.4) is 0 Å². The molecule has 1 unspecified atom stereocenters. The Hall–Kier alpha value is -1.55. The van der Waals surface area contributed by atoms with E-state index in [4.69, 9.17) is 5.11 Å². The molecule has 92 valence electrons. The lowest BCUT2D eigenvalue weighted by molar-refractivity contribution is 0.0781. The topological polar surface area (TPSA) is 60.8 Å². The van der Waals surface area contributed by atoms with Crippen molar-refractivity contribution in [1.82, 2.24) is 4.90 Å². The second-order valence-corrected chi connectivity index (χ2v) is 4.59. The highest BCUT2D eigenvalue weighted by Gasteiger charge is 2.26. The van der Waals surface area contributed by atoms with E-state index < -0.39 is 0 Å². The van der Waals surface area contributed by atoms with E-state index in [1.54, 1.807) is 24.0 Å². The smallest absolute Gasteiger partial charge is 0.253 e. The fourth-order valence-corrected chi connectivity index (χ4v) is 2.09. The molecule has 2 N–H and O–H groups in total. The van der Waals surface area contributed by atoms with Gasteiger partial charge in [0.1, 0.15) is 5.75 Å². The predicted molar refractivity (Wildman–Crippen MR) is 63.9 cm³/mol. The van der Waals surface area contributed by atoms with Crippen molar-refractivity contribution in [3.05, 3.63) is 29.3 Å². The molecular formula is C13H17NO3. The van der Waals surface area contributed by atoms with E-state index in [2.05, 4.69) is 0 Å². The fourth-order valence-electron chi connectivity index (χ4n) is 2.09. The van der Waals surface area contributed by atoms with Crippen LogP contribution in [0.4, 0.5) is 0 Å². The number of rotatable bonds is 2. The Morgan fingerprint density at radius 3 is 2.88 bits per heavy atom. The molecule has 0 spiro atoms. The van der Waals surface area contributed by atoms with Gasteiger partial charge in [-0.05, 0) is 31.0 Å². The molecule has 2 rings (SSSR count). The summed E-state index contributed by atoms with van der Waals surface area (Å²) in [6, 6.07) is 4.97. The summed E-state index contributed by atoms with van der Waals surface area (Å²) in [5, 5.41) is 18.6. The van der Waals surface area contributed by atoms with E-state index in [0.717, 1.165) is 12.0 Å². The van der Waals surface area contributed by atoms with Gasteiger partial charge in [-0.1, -0.05) is 6.07 Å². The summed E-state index contributed by atoms with van der Waals surface area (Å²) in [5.41, 5.74) is 1.27. The number of carbonyl (C=O) groups is 1. The van der Waals surface area contributed by atoms with Crippen molar-refractivity contribution in [3.63, 3.8) is 0 Å². The Balaban J connectivity index is 2.12. The van der Waals surface area contributed by atoms with Crippen LogP contribution in [0, 0.1) is 12.8 Å². The highest BCUT2D eigenvalue weighted by Crippen LogP contribution is 2.22. The number of amides is 1. The number of hydrogen-bond donors (Lipinski definition) is 2. The molecule has 17 heavy (non-hydrogen) atoms. The zero-order valence-electron chi connectivity index (χ0n) is 9.89. The SMILES string of the molecule is Cc1ccc(C(=O)N2CCC(CO)C2)cc1O. The monoisotopic (exact) mass is 235 g/mol. The number of carbonyl (C=O) groups excluding carboxylic acids is 1. The van der Waals surface area contributed by atoms with E-state index in [0.29, 0.717) is 18.7 Å². The normalized spacial score (nSPS) is 19.6. The summed E-state index contributed by atoms with van der Waals surface area (Å²) >= 11 is 0. The van der Waals surface area contributed by atoms with E-state index in [-0.39, 0.29) is 24.2 Å². The molecule has 0 aliphatic carbocycles. The molecule has 1 atom stereocenters. The largest absolute Gasteiger partial charge is 0.508 e. The summed E-state index contributed by atoms with van der Waals surface area (Å²) < 4.78 is 0. The van der Waals surface area contributed by atoms with Gasteiger partial charge in [-0.25, -0.2) is 0 Å². The second-order valence-electron chi connectivity index (χ2n) is 4.59. The first-order valence-corrected chi connectivity index (χ1v) is 5.81. The van der Waals surface area contributed by atoms with Gasteiger partial charge in [0.05, 0.1) is 0 Å². The number of likely N-dealkylation sites (tertiary alicyclic amines) is 1. The molecule has 4 nitrogen and oxygen atoms in total. The molecule has 1 aliphatic rings. The summed E-state index contributed by atoms with van der Waals surface area (Å²) in [4.78, 5) is 13.8. The van der Waals surface area contributed by atoms with Gasteiger partial charge in [-0.3, -0.25) is 4.79 Å². The minimum atomic E-state index is -0.0729. The Bertz CT molecular complexity index is 431. The number of nitrogens with zero attached hydrogens (tertiary/aromatic N) is 1. The first kappa shape index (κ1) is 11.9. The number of phenolic OH excluding ortho intramolecular Hbond substituents is 1. The van der Waals surface area contributed by atoms with E-state index >= 15 is 0 Å². The Morgan fingerprint density at radius 1 is 1.53 bits per heavy atom.